The molecule has 3 aromatic heterocycles. The fourth-order valence-electron chi connectivity index (χ4n) is 6.82. The molecule has 14 heteroatoms. The van der Waals surface area contributed by atoms with Crippen LogP contribution in [0.4, 0.5) is 11.5 Å². The molecule has 50 heavy (non-hydrogen) atoms. The average Bonchev–Trinajstić information content (AvgIpc) is 3.39. The molecule has 12 nitrogen and oxygen atoms in total. The summed E-state index contributed by atoms with van der Waals surface area (Å²) in [5.74, 6) is -0.505. The SMILES string of the molecule is COc1cc(-c2cn(C)c(=O)c(C(=O)Nc3cccc(Sc4cnc(N5CCC6(CC5)Cc5ncccc5[C@H]6N)cn4)c3Cl)c2O)ccc1O. The highest BCUT2D eigenvalue weighted by molar-refractivity contribution is 7.99. The van der Waals surface area contributed by atoms with Crippen molar-refractivity contribution >= 4 is 40.8 Å². The number of nitrogens with two attached hydrogens (primary N) is 1. The molecular weight excluding hydrogens is 678 g/mol. The molecule has 0 unspecified atom stereocenters. The zero-order valence-corrected chi connectivity index (χ0v) is 28.8. The summed E-state index contributed by atoms with van der Waals surface area (Å²) in [4.78, 5) is 43.3. The first-order valence-electron chi connectivity index (χ1n) is 15.9. The van der Waals surface area contributed by atoms with Gasteiger partial charge in [-0.3, -0.25) is 14.6 Å². The summed E-state index contributed by atoms with van der Waals surface area (Å²) >= 11 is 8.03. The molecule has 256 valence electrons. The Morgan fingerprint density at radius 3 is 2.62 bits per heavy atom. The number of rotatable bonds is 7. The van der Waals surface area contributed by atoms with E-state index in [1.807, 2.05) is 12.3 Å². The second-order valence-corrected chi connectivity index (χ2v) is 13.9. The van der Waals surface area contributed by atoms with Gasteiger partial charge in [0.25, 0.3) is 11.5 Å². The van der Waals surface area contributed by atoms with Crippen molar-refractivity contribution in [3.63, 3.8) is 0 Å². The number of benzene rings is 2. The Morgan fingerprint density at radius 2 is 1.90 bits per heavy atom. The molecule has 4 heterocycles. The van der Waals surface area contributed by atoms with Crippen LogP contribution < -0.4 is 26.2 Å². The average molecular weight is 712 g/mol. The number of phenolic OH excluding ortho intramolecular Hbond substituents is 1. The fourth-order valence-corrected chi connectivity index (χ4v) is 7.89. The van der Waals surface area contributed by atoms with Gasteiger partial charge in [-0.1, -0.05) is 41.6 Å². The van der Waals surface area contributed by atoms with Crippen molar-refractivity contribution < 1.29 is 19.7 Å². The number of amides is 1. The lowest BCUT2D eigenvalue weighted by atomic mass is 9.73. The molecular formula is C36H34ClN7O5S. The topological polar surface area (TPSA) is 169 Å². The van der Waals surface area contributed by atoms with Crippen LogP contribution in [-0.2, 0) is 13.5 Å². The van der Waals surface area contributed by atoms with E-state index in [0.29, 0.717) is 15.5 Å². The fraction of sp³-hybridized carbons (Fsp3) is 0.250. The van der Waals surface area contributed by atoms with Crippen LogP contribution in [0.2, 0.25) is 5.02 Å². The first-order valence-corrected chi connectivity index (χ1v) is 17.1. The van der Waals surface area contributed by atoms with Crippen molar-refractivity contribution in [2.75, 3.05) is 30.4 Å². The van der Waals surface area contributed by atoms with E-state index >= 15 is 0 Å². The number of anilines is 2. The van der Waals surface area contributed by atoms with Crippen molar-refractivity contribution in [1.82, 2.24) is 19.5 Å². The number of carbonyl (C=O) groups is 1. The Morgan fingerprint density at radius 1 is 1.10 bits per heavy atom. The number of hydrogen-bond donors (Lipinski definition) is 4. The molecule has 5 aromatic rings. The van der Waals surface area contributed by atoms with E-state index in [1.165, 1.54) is 54.9 Å². The summed E-state index contributed by atoms with van der Waals surface area (Å²) in [5, 5.41) is 24.6. The molecule has 0 bridgehead atoms. The maximum atomic E-state index is 13.5. The van der Waals surface area contributed by atoms with Crippen LogP contribution in [0.3, 0.4) is 0 Å². The van der Waals surface area contributed by atoms with Gasteiger partial charge in [-0.15, -0.1) is 0 Å². The normalized spacial score (nSPS) is 16.3. The van der Waals surface area contributed by atoms with Crippen LogP contribution in [0, 0.1) is 5.41 Å². The predicted octanol–water partition coefficient (Wildman–Crippen LogP) is 5.56. The Bertz CT molecular complexity index is 2170. The molecule has 1 saturated heterocycles. The minimum atomic E-state index is -0.842. The number of phenols is 1. The quantitative estimate of drug-likeness (QED) is 0.167. The number of fused-ring (bicyclic) bond motifs is 1. The zero-order valence-electron chi connectivity index (χ0n) is 27.3. The van der Waals surface area contributed by atoms with Crippen LogP contribution in [0.5, 0.6) is 17.2 Å². The highest BCUT2D eigenvalue weighted by atomic mass is 35.5. The van der Waals surface area contributed by atoms with Crippen molar-refractivity contribution in [3.8, 4) is 28.4 Å². The molecule has 2 aliphatic rings. The smallest absolute Gasteiger partial charge is 0.267 e. The lowest BCUT2D eigenvalue weighted by molar-refractivity contribution is 0.102. The Hall–Kier alpha value is -5.11. The standard InChI is InChI=1S/C36H34ClN7O5S/c1-43-19-22(20-8-9-25(45)26(15-20)49-2)32(46)30(35(43)48)34(47)42-23-6-3-7-27(31(23)37)50-29-18-40-28(17-41-29)44-13-10-36(11-14-44)16-24-21(33(36)38)5-4-12-39-24/h3-9,12,15,17-19,33,45-46H,10-11,13-14,16,38H2,1-2H3,(H,42,47)/t33-/m1/s1. The number of pyridine rings is 2. The van der Waals surface area contributed by atoms with Gasteiger partial charge in [0.15, 0.2) is 11.5 Å². The summed E-state index contributed by atoms with van der Waals surface area (Å²) in [6.07, 6.45) is 9.47. The first kappa shape index (κ1) is 33.4. The number of ether oxygens (including phenoxy) is 1. The van der Waals surface area contributed by atoms with Crippen molar-refractivity contribution in [2.45, 2.75) is 35.2 Å². The van der Waals surface area contributed by atoms with Gasteiger partial charge in [0.05, 0.1) is 30.2 Å². The number of aromatic nitrogens is 4. The zero-order chi connectivity index (χ0) is 35.2. The second kappa shape index (κ2) is 13.3. The molecule has 1 spiro atoms. The van der Waals surface area contributed by atoms with Crippen molar-refractivity contribution in [1.29, 1.82) is 0 Å². The highest BCUT2D eigenvalue weighted by Crippen LogP contribution is 2.50. The maximum absolute atomic E-state index is 13.5. The Labute approximate surface area is 296 Å². The van der Waals surface area contributed by atoms with Gasteiger partial charge in [0.1, 0.15) is 22.2 Å². The third kappa shape index (κ3) is 6.01. The molecule has 1 amide bonds. The number of aromatic hydroxyl groups is 2. The second-order valence-electron chi connectivity index (χ2n) is 12.5. The summed E-state index contributed by atoms with van der Waals surface area (Å²) in [6.45, 7) is 1.64. The van der Waals surface area contributed by atoms with Crippen LogP contribution in [0.15, 0.2) is 88.0 Å². The monoisotopic (exact) mass is 711 g/mol. The Kier molecular flexibility index (Phi) is 8.89. The van der Waals surface area contributed by atoms with Crippen LogP contribution >= 0.6 is 23.4 Å². The molecule has 1 aliphatic heterocycles. The van der Waals surface area contributed by atoms with Gasteiger partial charge < -0.3 is 35.5 Å². The van der Waals surface area contributed by atoms with E-state index in [1.54, 1.807) is 30.6 Å². The number of methoxy groups -OCH3 is 1. The van der Waals surface area contributed by atoms with E-state index in [4.69, 9.17) is 22.1 Å². The number of nitrogens with zero attached hydrogens (tertiary/aromatic N) is 5. The summed E-state index contributed by atoms with van der Waals surface area (Å²) < 4.78 is 6.37. The lowest BCUT2D eigenvalue weighted by Gasteiger charge is -2.42. The van der Waals surface area contributed by atoms with Crippen LogP contribution in [-0.4, -0.2) is 55.8 Å². The van der Waals surface area contributed by atoms with Gasteiger partial charge in [0.2, 0.25) is 0 Å². The number of carbonyl (C=O) groups excluding carboxylic acids is 1. The van der Waals surface area contributed by atoms with Gasteiger partial charge in [-0.05, 0) is 66.1 Å². The number of halogens is 1. The molecule has 5 N–H and O–H groups in total. The Balaban J connectivity index is 1.04. The van der Waals surface area contributed by atoms with Gasteiger partial charge in [-0.25, -0.2) is 9.97 Å². The largest absolute Gasteiger partial charge is 0.506 e. The molecule has 1 fully saturated rings. The first-order chi connectivity index (χ1) is 24.1. The minimum absolute atomic E-state index is 0.0140. The number of nitrogens with one attached hydrogen (secondary N) is 1. The lowest BCUT2D eigenvalue weighted by Crippen LogP contribution is -2.44. The predicted molar refractivity (Wildman–Crippen MR) is 191 cm³/mol. The van der Waals surface area contributed by atoms with Crippen LogP contribution in [0.25, 0.3) is 11.1 Å². The summed E-state index contributed by atoms with van der Waals surface area (Å²) in [5.41, 5.74) is 8.70. The number of piperidine rings is 1. The molecule has 7 rings (SSSR count). The molecule has 1 aliphatic carbocycles. The van der Waals surface area contributed by atoms with E-state index in [-0.39, 0.29) is 39.2 Å². The van der Waals surface area contributed by atoms with E-state index in [9.17, 15) is 19.8 Å². The van der Waals surface area contributed by atoms with Gasteiger partial charge >= 0.3 is 0 Å². The van der Waals surface area contributed by atoms with E-state index < -0.39 is 22.8 Å². The maximum Gasteiger partial charge on any atom is 0.267 e. The van der Waals surface area contributed by atoms with E-state index in [0.717, 1.165) is 49.4 Å². The number of aryl methyl sites for hydroxylation is 1. The highest BCUT2D eigenvalue weighted by Gasteiger charge is 2.46. The molecule has 0 saturated carbocycles. The van der Waals surface area contributed by atoms with Gasteiger partial charge in [-0.2, -0.15) is 0 Å². The molecule has 1 atom stereocenters. The third-order valence-corrected chi connectivity index (χ3v) is 11.1. The minimum Gasteiger partial charge on any atom is -0.506 e. The summed E-state index contributed by atoms with van der Waals surface area (Å²) in [7, 11) is 2.87. The summed E-state index contributed by atoms with van der Waals surface area (Å²) in [6, 6.07) is 13.6. The third-order valence-electron chi connectivity index (χ3n) is 9.63. The van der Waals surface area contributed by atoms with Crippen molar-refractivity contribution in [3.05, 3.63) is 106 Å². The van der Waals surface area contributed by atoms with Crippen LogP contribution in [0.1, 0.15) is 40.5 Å². The number of hydrogen-bond acceptors (Lipinski definition) is 11. The van der Waals surface area contributed by atoms with Crippen molar-refractivity contribution in [2.24, 2.45) is 18.2 Å². The molecule has 2 aromatic carbocycles. The van der Waals surface area contributed by atoms with Gasteiger partial charge in [0, 0.05) is 54.7 Å². The molecule has 0 radical (unpaired) electrons. The van der Waals surface area contributed by atoms with E-state index in [2.05, 4.69) is 31.2 Å².